The highest BCUT2D eigenvalue weighted by Gasteiger charge is 2.33. The minimum Gasteiger partial charge on any atom is -0.398 e. The highest BCUT2D eigenvalue weighted by atomic mass is 32.1. The number of aryl methyl sites for hydroxylation is 1. The summed E-state index contributed by atoms with van der Waals surface area (Å²) in [7, 11) is 1.74. The van der Waals surface area contributed by atoms with Crippen molar-refractivity contribution in [2.45, 2.75) is 19.6 Å². The van der Waals surface area contributed by atoms with E-state index < -0.39 is 11.7 Å². The minimum atomic E-state index is -4.44. The van der Waals surface area contributed by atoms with Gasteiger partial charge in [0, 0.05) is 23.3 Å². The molecule has 108 valence electrons. The van der Waals surface area contributed by atoms with Crippen LogP contribution >= 0.6 is 11.3 Å². The van der Waals surface area contributed by atoms with Crippen LogP contribution in [-0.4, -0.2) is 12.0 Å². The number of hydrogen-bond acceptors (Lipinski definition) is 4. The second-order valence-electron chi connectivity index (χ2n) is 4.49. The van der Waals surface area contributed by atoms with Crippen molar-refractivity contribution in [3.8, 4) is 0 Å². The largest absolute Gasteiger partial charge is 0.418 e. The van der Waals surface area contributed by atoms with Crippen LogP contribution in [0.1, 0.15) is 16.1 Å². The Hall–Kier alpha value is -1.76. The molecule has 0 radical (unpaired) electrons. The van der Waals surface area contributed by atoms with Gasteiger partial charge in [-0.05, 0) is 25.1 Å². The van der Waals surface area contributed by atoms with E-state index in [1.54, 1.807) is 23.5 Å². The van der Waals surface area contributed by atoms with Crippen LogP contribution in [0.25, 0.3) is 0 Å². The second-order valence-corrected chi connectivity index (χ2v) is 5.43. The quantitative estimate of drug-likeness (QED) is 0.879. The fourth-order valence-electron chi connectivity index (χ4n) is 1.81. The second kappa shape index (κ2) is 5.32. The molecule has 0 amide bonds. The molecule has 2 N–H and O–H groups in total. The number of hydrogen-bond donors (Lipinski definition) is 1. The number of nitrogens with two attached hydrogens (primary N) is 1. The van der Waals surface area contributed by atoms with Crippen molar-refractivity contribution in [2.24, 2.45) is 0 Å². The molecule has 1 heterocycles. The van der Waals surface area contributed by atoms with Gasteiger partial charge in [0.25, 0.3) is 0 Å². The van der Waals surface area contributed by atoms with Crippen molar-refractivity contribution >= 4 is 22.7 Å². The highest BCUT2D eigenvalue weighted by molar-refractivity contribution is 7.09. The molecule has 3 nitrogen and oxygen atoms in total. The number of anilines is 2. The molecule has 1 aromatic heterocycles. The van der Waals surface area contributed by atoms with Gasteiger partial charge in [0.05, 0.1) is 23.3 Å². The zero-order valence-electron chi connectivity index (χ0n) is 11.0. The van der Waals surface area contributed by atoms with Gasteiger partial charge in [0.15, 0.2) is 0 Å². The van der Waals surface area contributed by atoms with Crippen LogP contribution < -0.4 is 10.6 Å². The van der Waals surface area contributed by atoms with Crippen LogP contribution in [0.3, 0.4) is 0 Å². The molecule has 0 aliphatic heterocycles. The molecule has 0 spiro atoms. The van der Waals surface area contributed by atoms with Crippen molar-refractivity contribution in [3.63, 3.8) is 0 Å². The Bertz CT molecular complexity index is 607. The molecule has 0 saturated heterocycles. The molecule has 0 aliphatic rings. The first-order valence-corrected chi connectivity index (χ1v) is 6.74. The summed E-state index contributed by atoms with van der Waals surface area (Å²) in [4.78, 5) is 6.90. The molecule has 2 rings (SSSR count). The van der Waals surface area contributed by atoms with Gasteiger partial charge in [-0.25, -0.2) is 4.98 Å². The van der Waals surface area contributed by atoms with Crippen LogP contribution in [0.15, 0.2) is 23.7 Å². The van der Waals surface area contributed by atoms with Crippen molar-refractivity contribution in [1.82, 2.24) is 4.98 Å². The third kappa shape index (κ3) is 3.04. The number of alkyl halides is 3. The summed E-state index contributed by atoms with van der Waals surface area (Å²) in [6, 6.07) is 3.95. The third-order valence-corrected chi connectivity index (χ3v) is 3.93. The van der Waals surface area contributed by atoms with Crippen LogP contribution in [0, 0.1) is 6.92 Å². The highest BCUT2D eigenvalue weighted by Crippen LogP contribution is 2.36. The van der Waals surface area contributed by atoms with E-state index in [9.17, 15) is 13.2 Å². The maximum absolute atomic E-state index is 12.8. The average molecular weight is 301 g/mol. The first-order valence-electron chi connectivity index (χ1n) is 5.86. The van der Waals surface area contributed by atoms with Crippen LogP contribution in [0.4, 0.5) is 24.5 Å². The summed E-state index contributed by atoms with van der Waals surface area (Å²) in [6.45, 7) is 2.39. The Morgan fingerprint density at radius 2 is 2.05 bits per heavy atom. The number of rotatable bonds is 3. The van der Waals surface area contributed by atoms with Gasteiger partial charge in [0.1, 0.15) is 0 Å². The van der Waals surface area contributed by atoms with Crippen LogP contribution in [0.2, 0.25) is 0 Å². The molecule has 20 heavy (non-hydrogen) atoms. The number of nitrogen functional groups attached to an aromatic ring is 1. The summed E-state index contributed by atoms with van der Waals surface area (Å²) >= 11 is 1.49. The molecule has 0 aliphatic carbocycles. The van der Waals surface area contributed by atoms with Gasteiger partial charge >= 0.3 is 6.18 Å². The number of benzene rings is 1. The molecular formula is C13H14F3N3S. The van der Waals surface area contributed by atoms with Crippen LogP contribution in [-0.2, 0) is 12.7 Å². The maximum Gasteiger partial charge on any atom is 0.418 e. The molecular weight excluding hydrogens is 287 g/mol. The van der Waals surface area contributed by atoms with E-state index >= 15 is 0 Å². The summed E-state index contributed by atoms with van der Waals surface area (Å²) in [5.41, 5.74) is 7.42. The zero-order valence-corrected chi connectivity index (χ0v) is 11.8. The molecule has 0 saturated carbocycles. The van der Waals surface area contributed by atoms with E-state index in [1.165, 1.54) is 17.4 Å². The lowest BCUT2D eigenvalue weighted by molar-refractivity contribution is -0.136. The first kappa shape index (κ1) is 14.6. The van der Waals surface area contributed by atoms with Gasteiger partial charge in [-0.2, -0.15) is 13.2 Å². The molecule has 1 aromatic carbocycles. The van der Waals surface area contributed by atoms with E-state index in [0.717, 1.165) is 16.6 Å². The SMILES string of the molecule is Cc1ncsc1CN(C)c1ccc(N)c(C(F)(F)F)c1. The molecule has 0 atom stereocenters. The lowest BCUT2D eigenvalue weighted by Crippen LogP contribution is -2.18. The number of thiazole rings is 1. The summed E-state index contributed by atoms with van der Waals surface area (Å²) in [6.07, 6.45) is -4.44. The Kier molecular flexibility index (Phi) is 3.89. The first-order chi connectivity index (χ1) is 9.29. The Morgan fingerprint density at radius 1 is 1.35 bits per heavy atom. The van der Waals surface area contributed by atoms with Crippen molar-refractivity contribution < 1.29 is 13.2 Å². The standard InChI is InChI=1S/C13H14F3N3S/c1-8-12(20-7-18-8)6-19(2)9-3-4-11(17)10(5-9)13(14,15)16/h3-5,7H,6,17H2,1-2H3. The third-order valence-electron chi connectivity index (χ3n) is 3.01. The monoisotopic (exact) mass is 301 g/mol. The van der Waals surface area contributed by atoms with E-state index in [1.807, 2.05) is 6.92 Å². The zero-order chi connectivity index (χ0) is 14.9. The lowest BCUT2D eigenvalue weighted by atomic mass is 10.1. The lowest BCUT2D eigenvalue weighted by Gasteiger charge is -2.21. The normalized spacial score (nSPS) is 11.7. The van der Waals surface area contributed by atoms with E-state index in [2.05, 4.69) is 4.98 Å². The average Bonchev–Trinajstić information content (AvgIpc) is 2.74. The smallest absolute Gasteiger partial charge is 0.398 e. The predicted molar refractivity (Wildman–Crippen MR) is 74.8 cm³/mol. The molecule has 2 aromatic rings. The van der Waals surface area contributed by atoms with Gasteiger partial charge < -0.3 is 10.6 Å². The molecule has 0 fully saturated rings. The predicted octanol–water partition coefficient (Wildman–Crippen LogP) is 3.69. The number of halogens is 3. The van der Waals surface area contributed by atoms with Gasteiger partial charge in [0.2, 0.25) is 0 Å². The molecule has 7 heteroatoms. The Morgan fingerprint density at radius 3 is 2.60 bits per heavy atom. The van der Waals surface area contributed by atoms with E-state index in [4.69, 9.17) is 5.73 Å². The Labute approximate surface area is 118 Å². The van der Waals surface area contributed by atoms with E-state index in [0.29, 0.717) is 12.2 Å². The van der Waals surface area contributed by atoms with Crippen LogP contribution in [0.5, 0.6) is 0 Å². The fraction of sp³-hybridized carbons (Fsp3) is 0.308. The maximum atomic E-state index is 12.8. The Balaban J connectivity index is 2.27. The molecule has 0 unspecified atom stereocenters. The van der Waals surface area contributed by atoms with Gasteiger partial charge in [-0.15, -0.1) is 11.3 Å². The van der Waals surface area contributed by atoms with Crippen molar-refractivity contribution in [2.75, 3.05) is 17.7 Å². The summed E-state index contributed by atoms with van der Waals surface area (Å²) in [5.74, 6) is 0. The minimum absolute atomic E-state index is 0.261. The number of aromatic nitrogens is 1. The number of nitrogens with zero attached hydrogens (tertiary/aromatic N) is 2. The van der Waals surface area contributed by atoms with E-state index in [-0.39, 0.29) is 5.69 Å². The van der Waals surface area contributed by atoms with Crippen molar-refractivity contribution in [3.05, 3.63) is 39.8 Å². The van der Waals surface area contributed by atoms with Crippen molar-refractivity contribution in [1.29, 1.82) is 0 Å². The summed E-state index contributed by atoms with van der Waals surface area (Å²) in [5, 5.41) is 0. The fourth-order valence-corrected chi connectivity index (χ4v) is 2.64. The molecule has 0 bridgehead atoms. The summed E-state index contributed by atoms with van der Waals surface area (Å²) < 4.78 is 38.5. The van der Waals surface area contributed by atoms with Gasteiger partial charge in [-0.1, -0.05) is 0 Å². The topological polar surface area (TPSA) is 42.2 Å². The van der Waals surface area contributed by atoms with Gasteiger partial charge in [-0.3, -0.25) is 0 Å².